The van der Waals surface area contributed by atoms with Gasteiger partial charge in [-0.15, -0.1) is 0 Å². The monoisotopic (exact) mass is 398 g/mol. The van der Waals surface area contributed by atoms with E-state index in [-0.39, 0.29) is 18.1 Å². The Bertz CT molecular complexity index is 1090. The van der Waals surface area contributed by atoms with E-state index in [2.05, 4.69) is 10.5 Å². The summed E-state index contributed by atoms with van der Waals surface area (Å²) < 4.78 is 28.7. The van der Waals surface area contributed by atoms with Gasteiger partial charge >= 0.3 is 5.97 Å². The molecular formula is C20H15FN2O6. The summed E-state index contributed by atoms with van der Waals surface area (Å²) >= 11 is 0. The number of ether oxygens (including phenoxy) is 2. The molecule has 0 aliphatic carbocycles. The summed E-state index contributed by atoms with van der Waals surface area (Å²) in [5, 5.41) is 16.0. The maximum absolute atomic E-state index is 13.2. The number of carboxylic acid groups (broad SMARTS) is 1. The third-order valence-electron chi connectivity index (χ3n) is 4.46. The molecule has 2 aromatic carbocycles. The number of aromatic nitrogens is 1. The lowest BCUT2D eigenvalue weighted by molar-refractivity contribution is 0.0648. The number of hydrogen-bond acceptors (Lipinski definition) is 6. The first-order chi connectivity index (χ1) is 13.9. The smallest absolute Gasteiger partial charge is 0.375 e. The Kier molecular flexibility index (Phi) is 4.63. The molecule has 1 aliphatic heterocycles. The van der Waals surface area contributed by atoms with Crippen molar-refractivity contribution in [2.75, 3.05) is 6.79 Å². The van der Waals surface area contributed by atoms with Crippen molar-refractivity contribution in [3.63, 3.8) is 0 Å². The molecule has 3 aromatic rings. The highest BCUT2D eigenvalue weighted by atomic mass is 19.1. The molecule has 1 aliphatic rings. The summed E-state index contributed by atoms with van der Waals surface area (Å²) in [5.74, 6) is -1.62. The molecule has 0 saturated heterocycles. The predicted molar refractivity (Wildman–Crippen MR) is 97.3 cm³/mol. The summed E-state index contributed by atoms with van der Waals surface area (Å²) in [4.78, 5) is 24.2. The van der Waals surface area contributed by atoms with Crippen molar-refractivity contribution in [2.24, 2.45) is 0 Å². The van der Waals surface area contributed by atoms with E-state index in [1.807, 2.05) is 0 Å². The number of halogens is 1. The maximum atomic E-state index is 13.2. The van der Waals surface area contributed by atoms with Gasteiger partial charge in [0.15, 0.2) is 11.5 Å². The van der Waals surface area contributed by atoms with Crippen LogP contribution in [0.3, 0.4) is 0 Å². The van der Waals surface area contributed by atoms with Gasteiger partial charge in [-0.3, -0.25) is 4.79 Å². The minimum atomic E-state index is -1.33. The van der Waals surface area contributed by atoms with Gasteiger partial charge in [-0.1, -0.05) is 5.16 Å². The SMILES string of the molecule is CC(NC(=O)c1ccc2c(c1)OCO2)c1c(-c2ccc(F)cc2)noc1C(=O)O. The van der Waals surface area contributed by atoms with Gasteiger partial charge in [-0.25, -0.2) is 9.18 Å². The third kappa shape index (κ3) is 3.49. The topological polar surface area (TPSA) is 111 Å². The number of aromatic carboxylic acids is 1. The number of amides is 1. The average molecular weight is 398 g/mol. The summed E-state index contributed by atoms with van der Waals surface area (Å²) in [6.07, 6.45) is 0. The molecule has 2 N–H and O–H groups in total. The number of carbonyl (C=O) groups excluding carboxylic acids is 1. The zero-order valence-corrected chi connectivity index (χ0v) is 15.1. The molecule has 1 unspecified atom stereocenters. The number of nitrogens with one attached hydrogen (secondary N) is 1. The van der Waals surface area contributed by atoms with Gasteiger partial charge in [0.05, 0.1) is 11.6 Å². The standard InChI is InChI=1S/C20H15FN2O6/c1-10(22-19(24)12-4-7-14-15(8-12)28-9-27-14)16-17(23-29-18(16)20(25)26)11-2-5-13(21)6-3-11/h2-8,10H,9H2,1H3,(H,22,24)(H,25,26). The first kappa shape index (κ1) is 18.5. The highest BCUT2D eigenvalue weighted by Crippen LogP contribution is 2.34. The molecule has 0 spiro atoms. The normalized spacial score (nSPS) is 13.2. The molecule has 4 rings (SSSR count). The summed E-state index contributed by atoms with van der Waals surface area (Å²) in [7, 11) is 0. The van der Waals surface area contributed by atoms with Gasteiger partial charge in [0.1, 0.15) is 11.5 Å². The van der Waals surface area contributed by atoms with Crippen molar-refractivity contribution in [1.29, 1.82) is 0 Å². The largest absolute Gasteiger partial charge is 0.475 e. The van der Waals surface area contributed by atoms with Gasteiger partial charge < -0.3 is 24.4 Å². The first-order valence-electron chi connectivity index (χ1n) is 8.63. The number of carbonyl (C=O) groups is 2. The van der Waals surface area contributed by atoms with Crippen LogP contribution in [0.25, 0.3) is 11.3 Å². The van der Waals surface area contributed by atoms with E-state index < -0.39 is 29.5 Å². The quantitative estimate of drug-likeness (QED) is 0.678. The van der Waals surface area contributed by atoms with Gasteiger partial charge in [-0.05, 0) is 49.4 Å². The lowest BCUT2D eigenvalue weighted by Gasteiger charge is -2.15. The van der Waals surface area contributed by atoms with E-state index in [1.165, 1.54) is 30.3 Å². The summed E-state index contributed by atoms with van der Waals surface area (Å²) in [5.41, 5.74) is 1.17. The van der Waals surface area contributed by atoms with E-state index in [1.54, 1.807) is 19.1 Å². The number of fused-ring (bicyclic) bond motifs is 1. The molecule has 0 saturated carbocycles. The Morgan fingerprint density at radius 1 is 1.14 bits per heavy atom. The number of nitrogens with zero attached hydrogens (tertiary/aromatic N) is 1. The molecule has 0 bridgehead atoms. The van der Waals surface area contributed by atoms with Crippen molar-refractivity contribution in [1.82, 2.24) is 10.5 Å². The molecule has 29 heavy (non-hydrogen) atoms. The van der Waals surface area contributed by atoms with Crippen molar-refractivity contribution >= 4 is 11.9 Å². The Labute approximate surface area is 163 Å². The van der Waals surface area contributed by atoms with E-state index in [4.69, 9.17) is 14.0 Å². The fraction of sp³-hybridized carbons (Fsp3) is 0.150. The van der Waals surface area contributed by atoms with Crippen LogP contribution in [-0.4, -0.2) is 28.9 Å². The van der Waals surface area contributed by atoms with Crippen LogP contribution in [0.1, 0.15) is 39.4 Å². The maximum Gasteiger partial charge on any atom is 0.375 e. The molecule has 9 heteroatoms. The van der Waals surface area contributed by atoms with Crippen molar-refractivity contribution in [3.8, 4) is 22.8 Å². The van der Waals surface area contributed by atoms with E-state index in [9.17, 15) is 19.1 Å². The van der Waals surface area contributed by atoms with Crippen LogP contribution in [0.15, 0.2) is 47.0 Å². The highest BCUT2D eigenvalue weighted by Gasteiger charge is 2.28. The summed E-state index contributed by atoms with van der Waals surface area (Å²) in [6.45, 7) is 1.69. The number of carboxylic acids is 1. The molecule has 0 radical (unpaired) electrons. The molecule has 1 atom stereocenters. The zero-order chi connectivity index (χ0) is 20.5. The van der Waals surface area contributed by atoms with Gasteiger partial charge in [-0.2, -0.15) is 0 Å². The minimum absolute atomic E-state index is 0.0838. The van der Waals surface area contributed by atoms with Crippen LogP contribution in [0.5, 0.6) is 11.5 Å². The second-order valence-corrected chi connectivity index (χ2v) is 6.35. The van der Waals surface area contributed by atoms with Crippen molar-refractivity contribution in [3.05, 3.63) is 65.2 Å². The minimum Gasteiger partial charge on any atom is -0.475 e. The van der Waals surface area contributed by atoms with Gasteiger partial charge in [0.25, 0.3) is 5.91 Å². The second kappa shape index (κ2) is 7.27. The van der Waals surface area contributed by atoms with Crippen LogP contribution in [0, 0.1) is 5.82 Å². The Balaban J connectivity index is 1.64. The van der Waals surface area contributed by atoms with Crippen LogP contribution in [0.2, 0.25) is 0 Å². The Hall–Kier alpha value is -3.88. The van der Waals surface area contributed by atoms with Crippen LogP contribution in [0.4, 0.5) is 4.39 Å². The Morgan fingerprint density at radius 3 is 2.59 bits per heavy atom. The molecule has 8 nitrogen and oxygen atoms in total. The average Bonchev–Trinajstić information content (AvgIpc) is 3.35. The van der Waals surface area contributed by atoms with Crippen molar-refractivity contribution < 1.29 is 33.1 Å². The summed E-state index contributed by atoms with van der Waals surface area (Å²) in [6, 6.07) is 9.33. The molecule has 148 valence electrons. The fourth-order valence-electron chi connectivity index (χ4n) is 3.06. The van der Waals surface area contributed by atoms with E-state index >= 15 is 0 Å². The van der Waals surface area contributed by atoms with Crippen LogP contribution < -0.4 is 14.8 Å². The fourth-order valence-corrected chi connectivity index (χ4v) is 3.06. The third-order valence-corrected chi connectivity index (χ3v) is 4.46. The molecule has 2 heterocycles. The molecule has 1 amide bonds. The lowest BCUT2D eigenvalue weighted by atomic mass is 10.00. The number of rotatable bonds is 5. The molecule has 0 fully saturated rings. The molecular weight excluding hydrogens is 383 g/mol. The number of benzene rings is 2. The van der Waals surface area contributed by atoms with E-state index in [0.29, 0.717) is 22.6 Å². The zero-order valence-electron chi connectivity index (χ0n) is 15.1. The van der Waals surface area contributed by atoms with Crippen LogP contribution in [-0.2, 0) is 0 Å². The molecule has 1 aromatic heterocycles. The second-order valence-electron chi connectivity index (χ2n) is 6.35. The highest BCUT2D eigenvalue weighted by molar-refractivity contribution is 5.96. The van der Waals surface area contributed by atoms with Gasteiger partial charge in [0.2, 0.25) is 12.6 Å². The van der Waals surface area contributed by atoms with Crippen molar-refractivity contribution in [2.45, 2.75) is 13.0 Å². The van der Waals surface area contributed by atoms with E-state index in [0.717, 1.165) is 0 Å². The Morgan fingerprint density at radius 2 is 1.86 bits per heavy atom. The van der Waals surface area contributed by atoms with Crippen LogP contribution >= 0.6 is 0 Å². The first-order valence-corrected chi connectivity index (χ1v) is 8.63. The lowest BCUT2D eigenvalue weighted by Crippen LogP contribution is -2.27. The number of hydrogen-bond donors (Lipinski definition) is 2. The predicted octanol–water partition coefficient (Wildman–Crippen LogP) is 3.40. The van der Waals surface area contributed by atoms with Gasteiger partial charge in [0, 0.05) is 11.1 Å².